The largest absolute Gasteiger partial charge is 0.453 e. The number of ether oxygens (including phenoxy) is 1. The van der Waals surface area contributed by atoms with Crippen LogP contribution in [0.4, 0.5) is 4.79 Å². The molecule has 0 aromatic carbocycles. The van der Waals surface area contributed by atoms with Gasteiger partial charge in [0.1, 0.15) is 0 Å². The first kappa shape index (κ1) is 18.1. The van der Waals surface area contributed by atoms with E-state index in [9.17, 15) is 4.79 Å². The number of aromatic nitrogens is 1. The van der Waals surface area contributed by atoms with Gasteiger partial charge in [0, 0.05) is 37.1 Å². The molecule has 0 saturated heterocycles. The van der Waals surface area contributed by atoms with Crippen LogP contribution in [0.25, 0.3) is 6.08 Å². The van der Waals surface area contributed by atoms with Crippen LogP contribution in [-0.4, -0.2) is 30.4 Å². The first-order valence-corrected chi connectivity index (χ1v) is 9.47. The average Bonchev–Trinajstić information content (AvgIpc) is 3.30. The number of methoxy groups -OCH3 is 1. The molecule has 1 amide bonds. The number of nitrogens with zero attached hydrogens (tertiary/aromatic N) is 1. The zero-order valence-corrected chi connectivity index (χ0v) is 15.9. The van der Waals surface area contributed by atoms with Crippen molar-refractivity contribution in [3.63, 3.8) is 0 Å². The van der Waals surface area contributed by atoms with E-state index in [-0.39, 0.29) is 6.09 Å². The quantitative estimate of drug-likeness (QED) is 0.736. The van der Waals surface area contributed by atoms with Crippen LogP contribution < -0.4 is 10.6 Å². The summed E-state index contributed by atoms with van der Waals surface area (Å²) < 4.78 is 6.99. The molecule has 1 heterocycles. The van der Waals surface area contributed by atoms with E-state index in [1.807, 2.05) is 0 Å². The molecule has 5 nitrogen and oxygen atoms in total. The molecule has 25 heavy (non-hydrogen) atoms. The smallest absolute Gasteiger partial charge is 0.406 e. The van der Waals surface area contributed by atoms with Crippen LogP contribution in [0.1, 0.15) is 75.2 Å². The summed E-state index contributed by atoms with van der Waals surface area (Å²) in [4.78, 5) is 11.2. The molecule has 1 aromatic rings. The number of carbonyl (C=O) groups excluding carboxylic acids is 1. The van der Waals surface area contributed by atoms with E-state index in [1.54, 1.807) is 0 Å². The summed E-state index contributed by atoms with van der Waals surface area (Å²) in [6, 6.07) is 1.10. The highest BCUT2D eigenvalue weighted by atomic mass is 16.5. The Bertz CT molecular complexity index is 658. The van der Waals surface area contributed by atoms with Gasteiger partial charge in [-0.2, -0.15) is 0 Å². The second-order valence-corrected chi connectivity index (χ2v) is 7.61. The molecular weight excluding hydrogens is 314 g/mol. The van der Waals surface area contributed by atoms with Crippen molar-refractivity contribution < 1.29 is 9.53 Å². The van der Waals surface area contributed by atoms with E-state index < -0.39 is 0 Å². The van der Waals surface area contributed by atoms with Crippen LogP contribution in [0, 0.1) is 0 Å². The molecule has 138 valence electrons. The standard InChI is InChI=1S/C20H31N3O2/c1-13-10-14(2)19-17(15(3)22-16-6-7-16)12-23(18(19)11-13)9-5-8-21-20(24)25-4/h11-12,14-16,22H,5-10H2,1-4H3,(H,21,24)/t14-,15?/m1/s1. The van der Waals surface area contributed by atoms with Crippen LogP contribution in [0.2, 0.25) is 0 Å². The fraction of sp³-hybridized carbons (Fsp3) is 0.650. The lowest BCUT2D eigenvalue weighted by molar-refractivity contribution is 0.171. The number of rotatable bonds is 7. The highest BCUT2D eigenvalue weighted by Gasteiger charge is 2.29. The van der Waals surface area contributed by atoms with Gasteiger partial charge in [-0.3, -0.25) is 0 Å². The van der Waals surface area contributed by atoms with Gasteiger partial charge in [0.2, 0.25) is 0 Å². The summed E-state index contributed by atoms with van der Waals surface area (Å²) in [5.41, 5.74) is 5.75. The van der Waals surface area contributed by atoms with E-state index in [1.165, 1.54) is 42.3 Å². The number of hydrogen-bond acceptors (Lipinski definition) is 3. The normalized spacial score (nSPS) is 20.6. The molecule has 0 bridgehead atoms. The number of amides is 1. The Hall–Kier alpha value is -1.75. The fourth-order valence-electron chi connectivity index (χ4n) is 3.92. The summed E-state index contributed by atoms with van der Waals surface area (Å²) in [5.74, 6) is 0.563. The monoisotopic (exact) mass is 345 g/mol. The Labute approximate surface area is 150 Å². The summed E-state index contributed by atoms with van der Waals surface area (Å²) in [6.07, 6.45) is 8.96. The van der Waals surface area contributed by atoms with Crippen molar-refractivity contribution in [3.8, 4) is 0 Å². The third kappa shape index (κ3) is 4.27. The molecule has 1 saturated carbocycles. The summed E-state index contributed by atoms with van der Waals surface area (Å²) >= 11 is 0. The Kier molecular flexibility index (Phi) is 5.52. The lowest BCUT2D eigenvalue weighted by atomic mass is 9.85. The van der Waals surface area contributed by atoms with Crippen LogP contribution in [0.5, 0.6) is 0 Å². The Balaban J connectivity index is 1.76. The topological polar surface area (TPSA) is 55.3 Å². The molecule has 2 aliphatic carbocycles. The second kappa shape index (κ2) is 7.65. The first-order chi connectivity index (χ1) is 12.0. The van der Waals surface area contributed by atoms with Crippen molar-refractivity contribution in [1.82, 2.24) is 15.2 Å². The lowest BCUT2D eigenvalue weighted by Gasteiger charge is -2.23. The van der Waals surface area contributed by atoms with Crippen LogP contribution in [-0.2, 0) is 11.3 Å². The number of alkyl carbamates (subject to hydrolysis) is 1. The van der Waals surface area contributed by atoms with Crippen molar-refractivity contribution in [2.24, 2.45) is 0 Å². The lowest BCUT2D eigenvalue weighted by Crippen LogP contribution is -2.24. The summed E-state index contributed by atoms with van der Waals surface area (Å²) in [5, 5.41) is 6.51. The van der Waals surface area contributed by atoms with E-state index in [2.05, 4.69) is 53.0 Å². The average molecular weight is 345 g/mol. The maximum absolute atomic E-state index is 11.2. The summed E-state index contributed by atoms with van der Waals surface area (Å²) in [6.45, 7) is 8.38. The second-order valence-electron chi connectivity index (χ2n) is 7.61. The molecule has 5 heteroatoms. The van der Waals surface area contributed by atoms with Crippen molar-refractivity contribution in [1.29, 1.82) is 0 Å². The Morgan fingerprint density at radius 2 is 2.20 bits per heavy atom. The molecule has 0 spiro atoms. The number of hydrogen-bond donors (Lipinski definition) is 2. The van der Waals surface area contributed by atoms with Crippen LogP contribution in [0.15, 0.2) is 11.8 Å². The van der Waals surface area contributed by atoms with Gasteiger partial charge in [0.15, 0.2) is 0 Å². The minimum absolute atomic E-state index is 0.359. The maximum atomic E-state index is 11.2. The zero-order valence-electron chi connectivity index (χ0n) is 15.9. The number of allylic oxidation sites excluding steroid dienone is 1. The molecular formula is C20H31N3O2. The minimum Gasteiger partial charge on any atom is -0.453 e. The molecule has 1 aromatic heterocycles. The molecule has 1 unspecified atom stereocenters. The van der Waals surface area contributed by atoms with Gasteiger partial charge in [-0.15, -0.1) is 0 Å². The Morgan fingerprint density at radius 1 is 1.44 bits per heavy atom. The maximum Gasteiger partial charge on any atom is 0.406 e. The van der Waals surface area contributed by atoms with Crippen molar-refractivity contribution in [3.05, 3.63) is 28.6 Å². The highest BCUT2D eigenvalue weighted by molar-refractivity contribution is 5.66. The number of carbonyl (C=O) groups is 1. The first-order valence-electron chi connectivity index (χ1n) is 9.47. The number of nitrogens with one attached hydrogen (secondary N) is 2. The number of fused-ring (bicyclic) bond motifs is 1. The fourth-order valence-corrected chi connectivity index (χ4v) is 3.92. The third-order valence-corrected chi connectivity index (χ3v) is 5.26. The van der Waals surface area contributed by atoms with E-state index in [0.717, 1.165) is 19.4 Å². The number of aryl methyl sites for hydroxylation is 1. The molecule has 2 atom stereocenters. The van der Waals surface area contributed by atoms with E-state index >= 15 is 0 Å². The van der Waals surface area contributed by atoms with Gasteiger partial charge >= 0.3 is 6.09 Å². The van der Waals surface area contributed by atoms with Crippen molar-refractivity contribution in [2.45, 2.75) is 71.0 Å². The van der Waals surface area contributed by atoms with Gasteiger partial charge < -0.3 is 19.9 Å². The molecule has 2 N–H and O–H groups in total. The van der Waals surface area contributed by atoms with Crippen molar-refractivity contribution >= 4 is 12.2 Å². The zero-order chi connectivity index (χ0) is 18.0. The SMILES string of the molecule is COC(=O)NCCCn1cc(C(C)NC2CC2)c2c1C=C(C)C[C@H]2C. The van der Waals surface area contributed by atoms with Gasteiger partial charge in [-0.05, 0) is 62.7 Å². The Morgan fingerprint density at radius 3 is 2.88 bits per heavy atom. The molecule has 0 aliphatic heterocycles. The molecule has 0 radical (unpaired) electrons. The molecule has 2 aliphatic rings. The third-order valence-electron chi connectivity index (χ3n) is 5.26. The van der Waals surface area contributed by atoms with Gasteiger partial charge in [-0.1, -0.05) is 12.5 Å². The minimum atomic E-state index is -0.359. The van der Waals surface area contributed by atoms with Gasteiger partial charge in [0.25, 0.3) is 0 Å². The van der Waals surface area contributed by atoms with E-state index in [0.29, 0.717) is 24.5 Å². The van der Waals surface area contributed by atoms with Gasteiger partial charge in [0.05, 0.1) is 7.11 Å². The highest BCUT2D eigenvalue weighted by Crippen LogP contribution is 2.39. The predicted octanol–water partition coefficient (Wildman–Crippen LogP) is 3.96. The molecule has 3 rings (SSSR count). The van der Waals surface area contributed by atoms with Crippen LogP contribution in [0.3, 0.4) is 0 Å². The van der Waals surface area contributed by atoms with Crippen LogP contribution >= 0.6 is 0 Å². The van der Waals surface area contributed by atoms with E-state index in [4.69, 9.17) is 0 Å². The summed E-state index contributed by atoms with van der Waals surface area (Å²) in [7, 11) is 1.40. The predicted molar refractivity (Wildman–Crippen MR) is 101 cm³/mol. The molecule has 1 fully saturated rings. The van der Waals surface area contributed by atoms with Gasteiger partial charge in [-0.25, -0.2) is 4.79 Å². The van der Waals surface area contributed by atoms with Crippen molar-refractivity contribution in [2.75, 3.05) is 13.7 Å².